The van der Waals surface area contributed by atoms with E-state index >= 15 is 0 Å². The lowest BCUT2D eigenvalue weighted by atomic mass is 10.1. The lowest BCUT2D eigenvalue weighted by molar-refractivity contribution is 0.0696. The minimum atomic E-state index is -1.34. The summed E-state index contributed by atoms with van der Waals surface area (Å²) in [6.07, 6.45) is 3.23. The Morgan fingerprint density at radius 3 is 2.44 bits per heavy atom. The predicted molar refractivity (Wildman–Crippen MR) is 63.7 cm³/mol. The van der Waals surface area contributed by atoms with Gasteiger partial charge in [0, 0.05) is 6.04 Å². The van der Waals surface area contributed by atoms with Crippen LogP contribution in [0.1, 0.15) is 36.5 Å². The Bertz CT molecular complexity index is 449. The molecule has 1 unspecified atom stereocenters. The highest BCUT2D eigenvalue weighted by Crippen LogP contribution is 2.34. The van der Waals surface area contributed by atoms with Gasteiger partial charge in [-0.3, -0.25) is 0 Å². The maximum absolute atomic E-state index is 13.6. The van der Waals surface area contributed by atoms with Crippen molar-refractivity contribution in [2.45, 2.75) is 32.2 Å². The number of aromatic carboxylic acids is 1. The van der Waals surface area contributed by atoms with Crippen molar-refractivity contribution in [1.29, 1.82) is 0 Å². The molecule has 1 aliphatic carbocycles. The third-order valence-electron chi connectivity index (χ3n) is 3.06. The number of hydrogen-bond acceptors (Lipinski definition) is 2. The Morgan fingerprint density at radius 1 is 1.44 bits per heavy atom. The minimum Gasteiger partial charge on any atom is -0.478 e. The molecule has 2 N–H and O–H groups in total. The predicted octanol–water partition coefficient (Wildman–Crippen LogP) is 3.26. The zero-order chi connectivity index (χ0) is 13.3. The smallest absolute Gasteiger partial charge is 0.335 e. The molecule has 2 rings (SSSR count). The molecule has 1 saturated carbocycles. The van der Waals surface area contributed by atoms with Crippen molar-refractivity contribution in [2.75, 3.05) is 5.32 Å². The van der Waals surface area contributed by atoms with E-state index in [-0.39, 0.29) is 17.3 Å². The highest BCUT2D eigenvalue weighted by molar-refractivity contribution is 5.88. The van der Waals surface area contributed by atoms with E-state index in [0.717, 1.165) is 18.6 Å². The lowest BCUT2D eigenvalue weighted by Crippen LogP contribution is -2.18. The molecule has 5 heteroatoms. The first kappa shape index (κ1) is 12.8. The molecule has 1 atom stereocenters. The summed E-state index contributed by atoms with van der Waals surface area (Å²) < 4.78 is 27.2. The molecule has 0 heterocycles. The van der Waals surface area contributed by atoms with E-state index in [1.54, 1.807) is 0 Å². The van der Waals surface area contributed by atoms with E-state index in [4.69, 9.17) is 5.11 Å². The van der Waals surface area contributed by atoms with E-state index in [0.29, 0.717) is 5.92 Å². The van der Waals surface area contributed by atoms with Crippen LogP contribution in [0.5, 0.6) is 0 Å². The summed E-state index contributed by atoms with van der Waals surface area (Å²) in [5.41, 5.74) is -0.626. The molecule has 1 aromatic carbocycles. The van der Waals surface area contributed by atoms with Gasteiger partial charge in [0.25, 0.3) is 0 Å². The second-order valence-corrected chi connectivity index (χ2v) is 4.84. The van der Waals surface area contributed by atoms with Gasteiger partial charge in [0.05, 0.1) is 5.56 Å². The van der Waals surface area contributed by atoms with Crippen LogP contribution in [0, 0.1) is 17.6 Å². The molecule has 0 aromatic heterocycles. The quantitative estimate of drug-likeness (QED) is 0.849. The number of rotatable bonds is 5. The molecule has 1 aromatic rings. The monoisotopic (exact) mass is 255 g/mol. The Labute approximate surface area is 104 Å². The van der Waals surface area contributed by atoms with Crippen LogP contribution < -0.4 is 5.32 Å². The first-order valence-corrected chi connectivity index (χ1v) is 5.96. The fourth-order valence-electron chi connectivity index (χ4n) is 1.99. The van der Waals surface area contributed by atoms with Gasteiger partial charge in [0.2, 0.25) is 0 Å². The number of carboxylic acids is 1. The van der Waals surface area contributed by atoms with Crippen molar-refractivity contribution in [3.8, 4) is 0 Å². The molecule has 18 heavy (non-hydrogen) atoms. The van der Waals surface area contributed by atoms with Crippen LogP contribution in [0.3, 0.4) is 0 Å². The van der Waals surface area contributed by atoms with Crippen molar-refractivity contribution in [2.24, 2.45) is 5.92 Å². The fourth-order valence-corrected chi connectivity index (χ4v) is 1.99. The van der Waals surface area contributed by atoms with E-state index < -0.39 is 17.6 Å². The van der Waals surface area contributed by atoms with Gasteiger partial charge in [-0.05, 0) is 31.4 Å². The first-order valence-electron chi connectivity index (χ1n) is 5.96. The molecule has 0 bridgehead atoms. The third-order valence-corrected chi connectivity index (χ3v) is 3.06. The summed E-state index contributed by atoms with van der Waals surface area (Å²) in [4.78, 5) is 10.6. The summed E-state index contributed by atoms with van der Waals surface area (Å²) in [6.45, 7) is 1.86. The van der Waals surface area contributed by atoms with Gasteiger partial charge in [-0.15, -0.1) is 0 Å². The fraction of sp³-hybridized carbons (Fsp3) is 0.462. The van der Waals surface area contributed by atoms with Crippen LogP contribution in [0.15, 0.2) is 12.1 Å². The Balaban J connectivity index is 2.13. The van der Waals surface area contributed by atoms with E-state index in [1.165, 1.54) is 12.8 Å². The van der Waals surface area contributed by atoms with Crippen LogP contribution in [0.4, 0.5) is 14.5 Å². The summed E-state index contributed by atoms with van der Waals surface area (Å²) in [5.74, 6) is -2.42. The van der Waals surface area contributed by atoms with Crippen molar-refractivity contribution >= 4 is 11.7 Å². The van der Waals surface area contributed by atoms with Gasteiger partial charge >= 0.3 is 5.97 Å². The largest absolute Gasteiger partial charge is 0.478 e. The zero-order valence-corrected chi connectivity index (χ0v) is 10.0. The standard InChI is InChI=1S/C13H15F2NO2/c1-7(4-8-2-3-8)16-12-10(14)5-9(13(17)18)6-11(12)15/h5-8,16H,2-4H2,1H3,(H,17,18). The van der Waals surface area contributed by atoms with Gasteiger partial charge in [-0.1, -0.05) is 12.8 Å². The van der Waals surface area contributed by atoms with E-state index in [2.05, 4.69) is 5.32 Å². The molecule has 0 aliphatic heterocycles. The van der Waals surface area contributed by atoms with Gasteiger partial charge in [-0.2, -0.15) is 0 Å². The van der Waals surface area contributed by atoms with Crippen LogP contribution >= 0.6 is 0 Å². The van der Waals surface area contributed by atoms with Gasteiger partial charge in [0.1, 0.15) is 17.3 Å². The second-order valence-electron chi connectivity index (χ2n) is 4.84. The SMILES string of the molecule is CC(CC1CC1)Nc1c(F)cc(C(=O)O)cc1F. The van der Waals surface area contributed by atoms with Crippen molar-refractivity contribution in [3.63, 3.8) is 0 Å². The number of benzene rings is 1. The lowest BCUT2D eigenvalue weighted by Gasteiger charge is -2.16. The highest BCUT2D eigenvalue weighted by Gasteiger charge is 2.24. The van der Waals surface area contributed by atoms with Crippen LogP contribution in [0.25, 0.3) is 0 Å². The maximum Gasteiger partial charge on any atom is 0.335 e. The Kier molecular flexibility index (Phi) is 3.50. The summed E-state index contributed by atoms with van der Waals surface area (Å²) in [7, 11) is 0. The van der Waals surface area contributed by atoms with Crippen molar-refractivity contribution in [3.05, 3.63) is 29.3 Å². The first-order chi connectivity index (χ1) is 8.47. The third kappa shape index (κ3) is 2.97. The van der Waals surface area contributed by atoms with E-state index in [1.807, 2.05) is 6.92 Å². The average molecular weight is 255 g/mol. The average Bonchev–Trinajstić information content (AvgIpc) is 3.06. The molecule has 0 saturated heterocycles. The number of carbonyl (C=O) groups is 1. The van der Waals surface area contributed by atoms with Crippen LogP contribution in [-0.4, -0.2) is 17.1 Å². The summed E-state index contributed by atoms with van der Waals surface area (Å²) in [5, 5.41) is 11.5. The molecule has 1 fully saturated rings. The minimum absolute atomic E-state index is 0.0304. The van der Waals surface area contributed by atoms with Crippen molar-refractivity contribution < 1.29 is 18.7 Å². The molecule has 0 spiro atoms. The Morgan fingerprint density at radius 2 is 2.00 bits per heavy atom. The number of anilines is 1. The van der Waals surface area contributed by atoms with Gasteiger partial charge in [-0.25, -0.2) is 13.6 Å². The Hall–Kier alpha value is -1.65. The number of carboxylic acid groups (broad SMARTS) is 1. The summed E-state index contributed by atoms with van der Waals surface area (Å²) in [6, 6.07) is 1.63. The highest BCUT2D eigenvalue weighted by atomic mass is 19.1. The maximum atomic E-state index is 13.6. The van der Waals surface area contributed by atoms with E-state index in [9.17, 15) is 13.6 Å². The second kappa shape index (κ2) is 4.92. The van der Waals surface area contributed by atoms with Gasteiger partial charge < -0.3 is 10.4 Å². The number of halogens is 2. The van der Waals surface area contributed by atoms with Crippen molar-refractivity contribution in [1.82, 2.24) is 0 Å². The molecular formula is C13H15F2NO2. The molecular weight excluding hydrogens is 240 g/mol. The molecule has 1 aliphatic rings. The normalized spacial score (nSPS) is 16.4. The van der Waals surface area contributed by atoms with Crippen LogP contribution in [-0.2, 0) is 0 Å². The topological polar surface area (TPSA) is 49.3 Å². The zero-order valence-electron chi connectivity index (χ0n) is 10.0. The molecule has 0 radical (unpaired) electrons. The molecule has 0 amide bonds. The number of hydrogen-bond donors (Lipinski definition) is 2. The number of nitrogens with one attached hydrogen (secondary N) is 1. The molecule has 98 valence electrons. The molecule has 3 nitrogen and oxygen atoms in total. The van der Waals surface area contributed by atoms with Crippen LogP contribution in [0.2, 0.25) is 0 Å². The summed E-state index contributed by atoms with van der Waals surface area (Å²) >= 11 is 0. The van der Waals surface area contributed by atoms with Gasteiger partial charge in [0.15, 0.2) is 0 Å².